The minimum atomic E-state index is -0.200. The molecule has 0 spiro atoms. The van der Waals surface area contributed by atoms with Gasteiger partial charge in [-0.1, -0.05) is 25.7 Å². The number of hydrogen-bond donors (Lipinski definition) is 1. The van der Waals surface area contributed by atoms with E-state index in [9.17, 15) is 9.59 Å². The number of carbonyl (C=O) groups is 2. The Kier molecular flexibility index (Phi) is 5.02. The average molecular weight is 253 g/mol. The third-order valence-electron chi connectivity index (χ3n) is 4.10. The second-order valence-electron chi connectivity index (χ2n) is 5.54. The third kappa shape index (κ3) is 4.00. The van der Waals surface area contributed by atoms with Gasteiger partial charge in [0.25, 0.3) is 5.91 Å². The van der Waals surface area contributed by atoms with Gasteiger partial charge in [-0.05, 0) is 31.6 Å². The molecule has 0 aromatic rings. The highest BCUT2D eigenvalue weighted by Gasteiger charge is 2.27. The lowest BCUT2D eigenvalue weighted by atomic mass is 9.86. The van der Waals surface area contributed by atoms with E-state index in [4.69, 9.17) is 4.74 Å². The smallest absolute Gasteiger partial charge is 0.309 e. The molecule has 0 bridgehead atoms. The molecule has 0 heterocycles. The largest absolute Gasteiger partial charge is 0.455 e. The van der Waals surface area contributed by atoms with Crippen molar-refractivity contribution >= 4 is 11.9 Å². The number of carbonyl (C=O) groups excluding carboxylic acids is 2. The van der Waals surface area contributed by atoms with E-state index in [0.717, 1.165) is 25.8 Å². The Bertz CT molecular complexity index is 293. The lowest BCUT2D eigenvalue weighted by Crippen LogP contribution is -2.35. The van der Waals surface area contributed by atoms with Crippen LogP contribution in [0.3, 0.4) is 0 Å². The molecule has 4 heteroatoms. The summed E-state index contributed by atoms with van der Waals surface area (Å²) in [5, 5.41) is 2.87. The molecule has 1 amide bonds. The summed E-state index contributed by atoms with van der Waals surface area (Å²) in [6, 6.07) is 0. The monoisotopic (exact) mass is 253 g/mol. The van der Waals surface area contributed by atoms with Gasteiger partial charge >= 0.3 is 5.97 Å². The van der Waals surface area contributed by atoms with Crippen LogP contribution in [-0.2, 0) is 14.3 Å². The van der Waals surface area contributed by atoms with Gasteiger partial charge in [-0.15, -0.1) is 0 Å². The highest BCUT2D eigenvalue weighted by Crippen LogP contribution is 2.27. The van der Waals surface area contributed by atoms with Crippen molar-refractivity contribution in [1.82, 2.24) is 5.32 Å². The van der Waals surface area contributed by atoms with Crippen LogP contribution in [-0.4, -0.2) is 25.0 Å². The van der Waals surface area contributed by atoms with E-state index in [1.807, 2.05) is 0 Å². The topological polar surface area (TPSA) is 55.4 Å². The predicted molar refractivity (Wildman–Crippen MR) is 67.9 cm³/mol. The summed E-state index contributed by atoms with van der Waals surface area (Å²) in [5.41, 5.74) is 0. The van der Waals surface area contributed by atoms with Crippen LogP contribution in [0.2, 0.25) is 0 Å². The maximum absolute atomic E-state index is 11.5. The van der Waals surface area contributed by atoms with Gasteiger partial charge in [0.2, 0.25) is 0 Å². The van der Waals surface area contributed by atoms with E-state index in [2.05, 4.69) is 5.32 Å². The van der Waals surface area contributed by atoms with Gasteiger partial charge in [0, 0.05) is 6.54 Å². The molecule has 0 aliphatic heterocycles. The van der Waals surface area contributed by atoms with Gasteiger partial charge in [0.15, 0.2) is 6.61 Å². The Morgan fingerprint density at radius 3 is 2.33 bits per heavy atom. The van der Waals surface area contributed by atoms with Crippen molar-refractivity contribution in [3.8, 4) is 0 Å². The van der Waals surface area contributed by atoms with Gasteiger partial charge < -0.3 is 10.1 Å². The first-order valence-electron chi connectivity index (χ1n) is 7.19. The van der Waals surface area contributed by atoms with Crippen LogP contribution in [0.1, 0.15) is 51.4 Å². The molecule has 0 radical (unpaired) electrons. The number of amides is 1. The summed E-state index contributed by atoms with van der Waals surface area (Å²) in [7, 11) is 0. The van der Waals surface area contributed by atoms with Gasteiger partial charge in [-0.2, -0.15) is 0 Å². The van der Waals surface area contributed by atoms with Crippen molar-refractivity contribution in [2.45, 2.75) is 51.4 Å². The van der Waals surface area contributed by atoms with E-state index >= 15 is 0 Å². The Morgan fingerprint density at radius 1 is 1.00 bits per heavy atom. The van der Waals surface area contributed by atoms with Crippen LogP contribution in [0, 0.1) is 11.8 Å². The van der Waals surface area contributed by atoms with E-state index in [1.165, 1.54) is 32.1 Å². The van der Waals surface area contributed by atoms with Crippen LogP contribution in [0.25, 0.3) is 0 Å². The molecule has 0 aromatic heterocycles. The number of ether oxygens (including phenoxy) is 1. The highest BCUT2D eigenvalue weighted by molar-refractivity contribution is 5.81. The van der Waals surface area contributed by atoms with Crippen molar-refractivity contribution in [2.75, 3.05) is 13.2 Å². The third-order valence-corrected chi connectivity index (χ3v) is 4.10. The number of nitrogens with one attached hydrogen (secondary N) is 1. The van der Waals surface area contributed by atoms with Crippen molar-refractivity contribution in [2.24, 2.45) is 11.8 Å². The molecule has 2 aliphatic carbocycles. The minimum absolute atomic E-state index is 0.0520. The standard InChI is InChI=1S/C14H23NO3/c16-13(10-18-14(17)12-7-4-8-12)15-9-11-5-2-1-3-6-11/h11-12H,1-10H2,(H,15,16). The van der Waals surface area contributed by atoms with Crippen LogP contribution < -0.4 is 5.32 Å². The first-order chi connectivity index (χ1) is 8.75. The minimum Gasteiger partial charge on any atom is -0.455 e. The molecule has 2 aliphatic rings. The maximum Gasteiger partial charge on any atom is 0.309 e. The Morgan fingerprint density at radius 2 is 1.72 bits per heavy atom. The molecular weight excluding hydrogens is 230 g/mol. The van der Waals surface area contributed by atoms with Crippen molar-refractivity contribution < 1.29 is 14.3 Å². The van der Waals surface area contributed by atoms with Crippen molar-refractivity contribution in [3.05, 3.63) is 0 Å². The molecule has 0 unspecified atom stereocenters. The average Bonchev–Trinajstić information content (AvgIpc) is 2.33. The highest BCUT2D eigenvalue weighted by atomic mass is 16.5. The zero-order chi connectivity index (χ0) is 12.8. The number of hydrogen-bond acceptors (Lipinski definition) is 3. The zero-order valence-electron chi connectivity index (χ0n) is 11.0. The van der Waals surface area contributed by atoms with Crippen LogP contribution in [0.4, 0.5) is 0 Å². The number of rotatable bonds is 5. The molecule has 2 rings (SSSR count). The Hall–Kier alpha value is -1.06. The second kappa shape index (κ2) is 6.76. The molecule has 0 atom stereocenters. The van der Waals surface area contributed by atoms with Crippen LogP contribution in [0.5, 0.6) is 0 Å². The van der Waals surface area contributed by atoms with Gasteiger partial charge in [0.05, 0.1) is 5.92 Å². The van der Waals surface area contributed by atoms with E-state index in [0.29, 0.717) is 5.92 Å². The SMILES string of the molecule is O=C(COC(=O)C1CCC1)NCC1CCCCC1. The first-order valence-corrected chi connectivity index (χ1v) is 7.19. The molecule has 2 saturated carbocycles. The van der Waals surface area contributed by atoms with Gasteiger partial charge in [-0.3, -0.25) is 9.59 Å². The zero-order valence-corrected chi connectivity index (χ0v) is 11.0. The predicted octanol–water partition coefficient (Wildman–Crippen LogP) is 2.03. The summed E-state index contributed by atoms with van der Waals surface area (Å²) in [6.45, 7) is 0.627. The van der Waals surface area contributed by atoms with Gasteiger partial charge in [-0.25, -0.2) is 0 Å². The summed E-state index contributed by atoms with van der Waals surface area (Å²) in [6.07, 6.45) is 9.24. The molecule has 102 valence electrons. The van der Waals surface area contributed by atoms with Crippen LogP contribution in [0.15, 0.2) is 0 Å². The summed E-state index contributed by atoms with van der Waals surface area (Å²) < 4.78 is 5.00. The summed E-state index contributed by atoms with van der Waals surface area (Å²) in [4.78, 5) is 23.0. The second-order valence-corrected chi connectivity index (χ2v) is 5.54. The fourth-order valence-electron chi connectivity index (χ4n) is 2.60. The fourth-order valence-corrected chi connectivity index (χ4v) is 2.60. The molecule has 0 aromatic carbocycles. The van der Waals surface area contributed by atoms with E-state index in [1.54, 1.807) is 0 Å². The van der Waals surface area contributed by atoms with Crippen molar-refractivity contribution in [1.29, 1.82) is 0 Å². The summed E-state index contributed by atoms with van der Waals surface area (Å²) in [5.74, 6) is 0.309. The Labute approximate surface area is 108 Å². The van der Waals surface area contributed by atoms with Crippen LogP contribution >= 0.6 is 0 Å². The maximum atomic E-state index is 11.5. The van der Waals surface area contributed by atoms with E-state index < -0.39 is 0 Å². The lowest BCUT2D eigenvalue weighted by molar-refractivity contribution is -0.155. The van der Waals surface area contributed by atoms with E-state index in [-0.39, 0.29) is 24.4 Å². The fraction of sp³-hybridized carbons (Fsp3) is 0.857. The number of esters is 1. The van der Waals surface area contributed by atoms with Gasteiger partial charge in [0.1, 0.15) is 0 Å². The summed E-state index contributed by atoms with van der Waals surface area (Å²) >= 11 is 0. The molecule has 4 nitrogen and oxygen atoms in total. The molecular formula is C14H23NO3. The normalized spacial score (nSPS) is 21.1. The molecule has 18 heavy (non-hydrogen) atoms. The molecule has 2 fully saturated rings. The quantitative estimate of drug-likeness (QED) is 0.763. The molecule has 0 saturated heterocycles. The Balaban J connectivity index is 1.55. The first kappa shape index (κ1) is 13.4. The molecule has 1 N–H and O–H groups in total. The lowest BCUT2D eigenvalue weighted by Gasteiger charge is -2.23. The van der Waals surface area contributed by atoms with Crippen molar-refractivity contribution in [3.63, 3.8) is 0 Å².